The number of para-hydroxylation sites is 1. The molecule has 7 heteroatoms. The first-order valence-corrected chi connectivity index (χ1v) is 6.32. The van der Waals surface area contributed by atoms with E-state index in [0.29, 0.717) is 10.0 Å². The van der Waals surface area contributed by atoms with Crippen LogP contribution < -0.4 is 4.74 Å². The van der Waals surface area contributed by atoms with E-state index in [1.54, 1.807) is 12.1 Å². The molecule has 2 aromatic rings. The summed E-state index contributed by atoms with van der Waals surface area (Å²) in [5.74, 6) is -1.05. The summed E-state index contributed by atoms with van der Waals surface area (Å²) >= 11 is 3.20. The molecule has 0 heterocycles. The van der Waals surface area contributed by atoms with Crippen LogP contribution >= 0.6 is 15.9 Å². The van der Waals surface area contributed by atoms with E-state index in [1.807, 2.05) is 0 Å². The number of nitro groups is 1. The summed E-state index contributed by atoms with van der Waals surface area (Å²) in [5, 5.41) is 19.9. The summed E-state index contributed by atoms with van der Waals surface area (Å²) in [6.45, 7) is -0.154. The van der Waals surface area contributed by atoms with Crippen molar-refractivity contribution in [2.45, 2.75) is 6.61 Å². The lowest BCUT2D eigenvalue weighted by Crippen LogP contribution is -1.97. The minimum Gasteiger partial charge on any atom is -0.446 e. The number of hydrogen-bond acceptors (Lipinski definition) is 4. The smallest absolute Gasteiger partial charge is 0.314 e. The number of hydrogen-bond donors (Lipinski definition) is 1. The first kappa shape index (κ1) is 14.4. The standard InChI is InChI=1S/C13H9BrFNO4/c14-9-6-8(7-17)4-5-12(9)20-13-10(15)2-1-3-11(13)16(18)19/h1-6,17H,7H2. The van der Waals surface area contributed by atoms with E-state index < -0.39 is 22.2 Å². The molecule has 2 aromatic carbocycles. The molecule has 0 atom stereocenters. The van der Waals surface area contributed by atoms with E-state index in [2.05, 4.69) is 15.9 Å². The Morgan fingerprint density at radius 2 is 2.10 bits per heavy atom. The minimum atomic E-state index is -0.822. The fraction of sp³-hybridized carbons (Fsp3) is 0.0769. The summed E-state index contributed by atoms with van der Waals surface area (Å²) in [4.78, 5) is 10.1. The Balaban J connectivity index is 2.42. The molecule has 0 aliphatic rings. The van der Waals surface area contributed by atoms with Gasteiger partial charge in [-0.25, -0.2) is 4.39 Å². The topological polar surface area (TPSA) is 72.6 Å². The second kappa shape index (κ2) is 5.98. The Morgan fingerprint density at radius 1 is 1.35 bits per heavy atom. The molecule has 0 radical (unpaired) electrons. The lowest BCUT2D eigenvalue weighted by atomic mass is 10.2. The van der Waals surface area contributed by atoms with Crippen molar-refractivity contribution in [2.24, 2.45) is 0 Å². The van der Waals surface area contributed by atoms with Gasteiger partial charge in [0.05, 0.1) is 16.0 Å². The molecular weight excluding hydrogens is 333 g/mol. The third kappa shape index (κ3) is 2.94. The zero-order valence-corrected chi connectivity index (χ0v) is 11.6. The average molecular weight is 342 g/mol. The van der Waals surface area contributed by atoms with Crippen LogP contribution in [0.2, 0.25) is 0 Å². The monoisotopic (exact) mass is 341 g/mol. The lowest BCUT2D eigenvalue weighted by Gasteiger charge is -2.09. The van der Waals surface area contributed by atoms with Crippen molar-refractivity contribution in [2.75, 3.05) is 0 Å². The molecular formula is C13H9BrFNO4. The first-order chi connectivity index (χ1) is 9.52. The van der Waals surface area contributed by atoms with Crippen molar-refractivity contribution >= 4 is 21.6 Å². The highest BCUT2D eigenvalue weighted by molar-refractivity contribution is 9.10. The fourth-order valence-electron chi connectivity index (χ4n) is 1.58. The number of aliphatic hydroxyl groups excluding tert-OH is 1. The van der Waals surface area contributed by atoms with Crippen LogP contribution in [0, 0.1) is 15.9 Å². The number of benzene rings is 2. The van der Waals surface area contributed by atoms with Crippen molar-refractivity contribution in [3.05, 3.63) is 62.4 Å². The lowest BCUT2D eigenvalue weighted by molar-refractivity contribution is -0.385. The third-order valence-electron chi connectivity index (χ3n) is 2.53. The van der Waals surface area contributed by atoms with E-state index in [1.165, 1.54) is 12.1 Å². The second-order valence-corrected chi connectivity index (χ2v) is 4.72. The van der Waals surface area contributed by atoms with Gasteiger partial charge < -0.3 is 9.84 Å². The van der Waals surface area contributed by atoms with Gasteiger partial charge in [-0.1, -0.05) is 12.1 Å². The van der Waals surface area contributed by atoms with Gasteiger partial charge in [0.2, 0.25) is 5.75 Å². The van der Waals surface area contributed by atoms with Gasteiger partial charge in [-0.2, -0.15) is 0 Å². The molecule has 0 unspecified atom stereocenters. The van der Waals surface area contributed by atoms with Crippen molar-refractivity contribution in [1.82, 2.24) is 0 Å². The third-order valence-corrected chi connectivity index (χ3v) is 3.15. The summed E-state index contributed by atoms with van der Waals surface area (Å²) < 4.78 is 19.4. The van der Waals surface area contributed by atoms with Crippen molar-refractivity contribution in [3.63, 3.8) is 0 Å². The normalized spacial score (nSPS) is 10.3. The molecule has 0 saturated carbocycles. The number of aliphatic hydroxyl groups is 1. The molecule has 0 aliphatic heterocycles. The quantitative estimate of drug-likeness (QED) is 0.678. The SMILES string of the molecule is O=[N+]([O-])c1cccc(F)c1Oc1ccc(CO)cc1Br. The van der Waals surface area contributed by atoms with Gasteiger partial charge in [0.1, 0.15) is 5.75 Å². The Kier molecular flexibility index (Phi) is 4.31. The molecule has 0 saturated heterocycles. The van der Waals surface area contributed by atoms with E-state index >= 15 is 0 Å². The maximum absolute atomic E-state index is 13.7. The van der Waals surface area contributed by atoms with E-state index in [9.17, 15) is 14.5 Å². The molecule has 5 nitrogen and oxygen atoms in total. The Labute approximate surface area is 121 Å². The van der Waals surface area contributed by atoms with Gasteiger partial charge in [-0.3, -0.25) is 10.1 Å². The van der Waals surface area contributed by atoms with Crippen LogP contribution in [0.25, 0.3) is 0 Å². The van der Waals surface area contributed by atoms with Crippen LogP contribution in [-0.4, -0.2) is 10.0 Å². The van der Waals surface area contributed by atoms with Crippen molar-refractivity contribution in [1.29, 1.82) is 0 Å². The molecule has 0 fully saturated rings. The van der Waals surface area contributed by atoms with Crippen LogP contribution in [0.4, 0.5) is 10.1 Å². The Morgan fingerprint density at radius 3 is 2.70 bits per heavy atom. The number of halogens is 2. The summed E-state index contributed by atoms with van der Waals surface area (Å²) in [5.41, 5.74) is 0.176. The van der Waals surface area contributed by atoms with E-state index in [-0.39, 0.29) is 12.4 Å². The molecule has 0 bridgehead atoms. The van der Waals surface area contributed by atoms with Gasteiger partial charge in [0.15, 0.2) is 5.82 Å². The summed E-state index contributed by atoms with van der Waals surface area (Å²) in [6.07, 6.45) is 0. The molecule has 0 spiro atoms. The van der Waals surface area contributed by atoms with Crippen LogP contribution in [0.1, 0.15) is 5.56 Å². The molecule has 0 aliphatic carbocycles. The van der Waals surface area contributed by atoms with Crippen molar-refractivity contribution in [3.8, 4) is 11.5 Å². The summed E-state index contributed by atoms with van der Waals surface area (Å²) in [7, 11) is 0. The molecule has 0 amide bonds. The van der Waals surface area contributed by atoms with Crippen LogP contribution in [0.15, 0.2) is 40.9 Å². The zero-order valence-electron chi connectivity index (χ0n) is 10.0. The second-order valence-electron chi connectivity index (χ2n) is 3.87. The maximum Gasteiger partial charge on any atom is 0.314 e. The predicted molar refractivity (Wildman–Crippen MR) is 73.2 cm³/mol. The van der Waals surface area contributed by atoms with Gasteiger partial charge >= 0.3 is 5.69 Å². The molecule has 2 rings (SSSR count). The van der Waals surface area contributed by atoms with Gasteiger partial charge in [0, 0.05) is 6.07 Å². The first-order valence-electron chi connectivity index (χ1n) is 5.53. The zero-order chi connectivity index (χ0) is 14.7. The Bertz CT molecular complexity index is 663. The van der Waals surface area contributed by atoms with E-state index in [0.717, 1.165) is 12.1 Å². The van der Waals surface area contributed by atoms with Crippen LogP contribution in [-0.2, 0) is 6.61 Å². The van der Waals surface area contributed by atoms with Gasteiger partial charge in [-0.05, 0) is 39.7 Å². The van der Waals surface area contributed by atoms with Crippen LogP contribution in [0.5, 0.6) is 11.5 Å². The van der Waals surface area contributed by atoms with Crippen molar-refractivity contribution < 1.29 is 19.2 Å². The minimum absolute atomic E-state index is 0.154. The number of ether oxygens (including phenoxy) is 1. The molecule has 20 heavy (non-hydrogen) atoms. The molecule has 1 N–H and O–H groups in total. The number of nitrogens with zero attached hydrogens (tertiary/aromatic N) is 1. The van der Waals surface area contributed by atoms with Gasteiger partial charge in [-0.15, -0.1) is 0 Å². The van der Waals surface area contributed by atoms with Gasteiger partial charge in [0.25, 0.3) is 0 Å². The largest absolute Gasteiger partial charge is 0.446 e. The molecule has 104 valence electrons. The Hall–Kier alpha value is -1.99. The number of nitro benzene ring substituents is 1. The fourth-order valence-corrected chi connectivity index (χ4v) is 2.08. The highest BCUT2D eigenvalue weighted by Gasteiger charge is 2.20. The van der Waals surface area contributed by atoms with Crippen LogP contribution in [0.3, 0.4) is 0 Å². The van der Waals surface area contributed by atoms with E-state index in [4.69, 9.17) is 9.84 Å². The molecule has 0 aromatic heterocycles. The summed E-state index contributed by atoms with van der Waals surface area (Å²) in [6, 6.07) is 8.14. The maximum atomic E-state index is 13.7. The predicted octanol–water partition coefficient (Wildman–Crippen LogP) is 3.78. The average Bonchev–Trinajstić information content (AvgIpc) is 2.42. The number of rotatable bonds is 4. The highest BCUT2D eigenvalue weighted by Crippen LogP contribution is 2.37. The highest BCUT2D eigenvalue weighted by atomic mass is 79.9.